The van der Waals surface area contributed by atoms with Gasteiger partial charge >= 0.3 is 0 Å². The first-order valence-electron chi connectivity index (χ1n) is 8.39. The summed E-state index contributed by atoms with van der Waals surface area (Å²) < 4.78 is 0. The first-order valence-corrected chi connectivity index (χ1v) is 8.39. The van der Waals surface area contributed by atoms with E-state index in [0.717, 1.165) is 13.0 Å². The summed E-state index contributed by atoms with van der Waals surface area (Å²) in [4.78, 5) is 15.1. The topological polar surface area (TPSA) is 20.3 Å². The van der Waals surface area contributed by atoms with Crippen LogP contribution >= 0.6 is 0 Å². The molecule has 2 nitrogen and oxygen atoms in total. The Kier molecular flexibility index (Phi) is 4.17. The summed E-state index contributed by atoms with van der Waals surface area (Å²) in [5.41, 5.74) is 2.67. The van der Waals surface area contributed by atoms with Crippen molar-refractivity contribution in [2.75, 3.05) is 13.6 Å². The van der Waals surface area contributed by atoms with Crippen LogP contribution in [-0.2, 0) is 4.79 Å². The first kappa shape index (κ1) is 14.8. The molecule has 2 saturated heterocycles. The summed E-state index contributed by atoms with van der Waals surface area (Å²) in [6, 6.07) is 9.54. The number of carbonyl (C=O) groups excluding carboxylic acids is 1. The fourth-order valence-electron chi connectivity index (χ4n) is 4.48. The highest BCUT2D eigenvalue weighted by Crippen LogP contribution is 2.45. The van der Waals surface area contributed by atoms with Gasteiger partial charge in [0.25, 0.3) is 0 Å². The molecule has 3 aliphatic rings. The number of piperidine rings is 1. The number of hydrogen-bond acceptors (Lipinski definition) is 2. The average molecular weight is 285 g/mol. The van der Waals surface area contributed by atoms with Gasteiger partial charge in [0, 0.05) is 24.9 Å². The van der Waals surface area contributed by atoms with Gasteiger partial charge in [0.1, 0.15) is 5.78 Å². The van der Waals surface area contributed by atoms with Gasteiger partial charge in [-0.1, -0.05) is 36.8 Å². The molecule has 3 fully saturated rings. The maximum atomic E-state index is 12.6. The molecule has 2 heterocycles. The maximum absolute atomic E-state index is 12.6. The van der Waals surface area contributed by atoms with E-state index in [1.165, 1.54) is 24.0 Å². The number of carbonyl (C=O) groups is 1. The van der Waals surface area contributed by atoms with Crippen LogP contribution in [0.15, 0.2) is 24.3 Å². The van der Waals surface area contributed by atoms with E-state index in [1.54, 1.807) is 0 Å². The number of hydrogen-bond donors (Lipinski definition) is 0. The Morgan fingerprint density at radius 1 is 1.24 bits per heavy atom. The molecule has 21 heavy (non-hydrogen) atoms. The zero-order chi connectivity index (χ0) is 15.0. The summed E-state index contributed by atoms with van der Waals surface area (Å²) >= 11 is 0. The molecule has 4 atom stereocenters. The SMILES string of the molecule is CCC(=O)C1C2CCC(CC1c1ccc(C)cc1)N(C)C2. The second-order valence-electron chi connectivity index (χ2n) is 7.03. The molecule has 0 spiro atoms. The Bertz CT molecular complexity index is 507. The monoisotopic (exact) mass is 285 g/mol. The van der Waals surface area contributed by atoms with E-state index in [-0.39, 0.29) is 5.92 Å². The van der Waals surface area contributed by atoms with Crippen molar-refractivity contribution < 1.29 is 4.79 Å². The normalized spacial score (nSPS) is 32.9. The molecule has 0 amide bonds. The largest absolute Gasteiger partial charge is 0.303 e. The predicted octanol–water partition coefficient (Wildman–Crippen LogP) is 3.79. The summed E-state index contributed by atoms with van der Waals surface area (Å²) in [7, 11) is 2.24. The van der Waals surface area contributed by atoms with Crippen LogP contribution in [0.4, 0.5) is 0 Å². The van der Waals surface area contributed by atoms with Gasteiger partial charge in [-0.3, -0.25) is 4.79 Å². The standard InChI is InChI=1S/C19H27NO/c1-4-18(21)19-15-9-10-16(20(3)12-15)11-17(19)14-7-5-13(2)6-8-14/h5-8,15-17,19H,4,9-12H2,1-3H3. The van der Waals surface area contributed by atoms with Gasteiger partial charge in [-0.25, -0.2) is 0 Å². The lowest BCUT2D eigenvalue weighted by Crippen LogP contribution is -2.40. The number of Topliss-reactive ketones (excluding diaryl/α,β-unsaturated/α-hetero) is 1. The Morgan fingerprint density at radius 2 is 1.95 bits per heavy atom. The number of nitrogens with zero attached hydrogens (tertiary/aromatic N) is 1. The van der Waals surface area contributed by atoms with Crippen molar-refractivity contribution in [2.24, 2.45) is 11.8 Å². The lowest BCUT2D eigenvalue weighted by Gasteiger charge is -2.35. The van der Waals surface area contributed by atoms with Crippen molar-refractivity contribution in [3.05, 3.63) is 35.4 Å². The lowest BCUT2D eigenvalue weighted by atomic mass is 9.74. The Balaban J connectivity index is 1.98. The van der Waals surface area contributed by atoms with Crippen LogP contribution in [0.2, 0.25) is 0 Å². The zero-order valence-electron chi connectivity index (χ0n) is 13.5. The molecule has 4 unspecified atom stereocenters. The van der Waals surface area contributed by atoms with Crippen molar-refractivity contribution >= 4 is 5.78 Å². The first-order chi connectivity index (χ1) is 10.1. The molecule has 114 valence electrons. The third-order valence-electron chi connectivity index (χ3n) is 5.71. The number of benzene rings is 1. The minimum absolute atomic E-state index is 0.229. The van der Waals surface area contributed by atoms with Crippen LogP contribution in [0.1, 0.15) is 49.7 Å². The van der Waals surface area contributed by atoms with Gasteiger partial charge in [-0.05, 0) is 50.6 Å². The molecule has 1 aromatic carbocycles. The van der Waals surface area contributed by atoms with Gasteiger partial charge in [0.15, 0.2) is 0 Å². The Labute approximate surface area is 128 Å². The minimum atomic E-state index is 0.229. The van der Waals surface area contributed by atoms with Gasteiger partial charge in [0.05, 0.1) is 0 Å². The number of ketones is 1. The Hall–Kier alpha value is -1.15. The van der Waals surface area contributed by atoms with Crippen molar-refractivity contribution in [1.82, 2.24) is 4.90 Å². The number of rotatable bonds is 3. The average Bonchev–Trinajstić information content (AvgIpc) is 2.75. The molecule has 4 rings (SSSR count). The van der Waals surface area contributed by atoms with E-state index in [0.29, 0.717) is 30.1 Å². The Morgan fingerprint density at radius 3 is 2.57 bits per heavy atom. The summed E-state index contributed by atoms with van der Waals surface area (Å²) in [5.74, 6) is 1.67. The van der Waals surface area contributed by atoms with Gasteiger partial charge in [-0.2, -0.15) is 0 Å². The van der Waals surface area contributed by atoms with Gasteiger partial charge in [-0.15, -0.1) is 0 Å². The summed E-state index contributed by atoms with van der Waals surface area (Å²) in [6.07, 6.45) is 4.31. The molecule has 0 aromatic heterocycles. The predicted molar refractivity (Wildman–Crippen MR) is 86.5 cm³/mol. The molecule has 0 N–H and O–H groups in total. The van der Waals surface area contributed by atoms with Crippen LogP contribution in [0, 0.1) is 18.8 Å². The molecule has 2 bridgehead atoms. The summed E-state index contributed by atoms with van der Waals surface area (Å²) in [6.45, 7) is 5.25. The van der Waals surface area contributed by atoms with Crippen molar-refractivity contribution in [3.63, 3.8) is 0 Å². The van der Waals surface area contributed by atoms with Crippen molar-refractivity contribution in [2.45, 2.75) is 51.5 Å². The van der Waals surface area contributed by atoms with Crippen LogP contribution < -0.4 is 0 Å². The fraction of sp³-hybridized carbons (Fsp3) is 0.632. The highest BCUT2D eigenvalue weighted by molar-refractivity contribution is 5.82. The highest BCUT2D eigenvalue weighted by atomic mass is 16.1. The van der Waals surface area contributed by atoms with Gasteiger partial charge < -0.3 is 4.90 Å². The smallest absolute Gasteiger partial charge is 0.136 e. The van der Waals surface area contributed by atoms with Crippen LogP contribution in [0.3, 0.4) is 0 Å². The molecule has 1 aliphatic carbocycles. The van der Waals surface area contributed by atoms with Crippen molar-refractivity contribution in [1.29, 1.82) is 0 Å². The molecule has 2 aliphatic heterocycles. The van der Waals surface area contributed by atoms with Crippen LogP contribution in [-0.4, -0.2) is 30.3 Å². The molecule has 0 radical (unpaired) electrons. The summed E-state index contributed by atoms with van der Waals surface area (Å²) in [5, 5.41) is 0. The van der Waals surface area contributed by atoms with E-state index in [1.807, 2.05) is 6.92 Å². The van der Waals surface area contributed by atoms with Gasteiger partial charge in [0.2, 0.25) is 0 Å². The lowest BCUT2D eigenvalue weighted by molar-refractivity contribution is -0.125. The maximum Gasteiger partial charge on any atom is 0.136 e. The van der Waals surface area contributed by atoms with E-state index in [2.05, 4.69) is 43.1 Å². The van der Waals surface area contributed by atoms with Crippen LogP contribution in [0.5, 0.6) is 0 Å². The fourth-order valence-corrected chi connectivity index (χ4v) is 4.48. The molecular formula is C19H27NO. The third kappa shape index (κ3) is 2.78. The number of aryl methyl sites for hydroxylation is 1. The molecule has 1 saturated carbocycles. The van der Waals surface area contributed by atoms with E-state index in [9.17, 15) is 4.79 Å². The molecular weight excluding hydrogens is 258 g/mol. The van der Waals surface area contributed by atoms with E-state index < -0.39 is 0 Å². The minimum Gasteiger partial charge on any atom is -0.303 e. The zero-order valence-corrected chi connectivity index (χ0v) is 13.5. The van der Waals surface area contributed by atoms with Crippen LogP contribution in [0.25, 0.3) is 0 Å². The van der Waals surface area contributed by atoms with E-state index in [4.69, 9.17) is 0 Å². The van der Waals surface area contributed by atoms with Crippen molar-refractivity contribution in [3.8, 4) is 0 Å². The van der Waals surface area contributed by atoms with E-state index >= 15 is 0 Å². The highest BCUT2D eigenvalue weighted by Gasteiger charge is 2.43. The second kappa shape index (κ2) is 5.92. The molecule has 1 aromatic rings. The quantitative estimate of drug-likeness (QED) is 0.842. The number of fused-ring (bicyclic) bond motifs is 4. The molecule has 2 heteroatoms. The third-order valence-corrected chi connectivity index (χ3v) is 5.71. The second-order valence-corrected chi connectivity index (χ2v) is 7.03.